The fourth-order valence-electron chi connectivity index (χ4n) is 1.76. The first kappa shape index (κ1) is 11.3. The van der Waals surface area contributed by atoms with E-state index in [-0.39, 0.29) is 18.0 Å². The van der Waals surface area contributed by atoms with Gasteiger partial charge >= 0.3 is 0 Å². The van der Waals surface area contributed by atoms with Crippen molar-refractivity contribution in [1.29, 1.82) is 0 Å². The molecule has 0 saturated carbocycles. The third-order valence-electron chi connectivity index (χ3n) is 2.50. The van der Waals surface area contributed by atoms with E-state index in [0.717, 1.165) is 0 Å². The fraction of sp³-hybridized carbons (Fsp3) is 0.300. The Kier molecular flexibility index (Phi) is 2.92. The first-order chi connectivity index (χ1) is 8.11. The maximum absolute atomic E-state index is 11.2. The standard InChI is InChI=1S/C10H12N4O3/c11-1-2-12-8-5-7-6(4-10(15)13-7)3-9(8)14(16)17/h3,5,12H,1-2,4,11H2,(H,13,15). The molecule has 1 heterocycles. The molecule has 0 unspecified atom stereocenters. The Bertz CT molecular complexity index is 487. The number of carbonyl (C=O) groups excluding carboxylic acids is 1. The van der Waals surface area contributed by atoms with Gasteiger partial charge < -0.3 is 16.4 Å². The minimum Gasteiger partial charge on any atom is -0.378 e. The van der Waals surface area contributed by atoms with Gasteiger partial charge in [-0.2, -0.15) is 0 Å². The first-order valence-electron chi connectivity index (χ1n) is 5.17. The summed E-state index contributed by atoms with van der Waals surface area (Å²) < 4.78 is 0. The van der Waals surface area contributed by atoms with Crippen molar-refractivity contribution < 1.29 is 9.72 Å². The van der Waals surface area contributed by atoms with Gasteiger partial charge in [0.2, 0.25) is 5.91 Å². The SMILES string of the molecule is NCCNc1cc2c(cc1[N+](=O)[O-])CC(=O)N2. The van der Waals surface area contributed by atoms with Gasteiger partial charge in [-0.05, 0) is 11.6 Å². The molecule has 4 N–H and O–H groups in total. The molecule has 0 radical (unpaired) electrons. The molecule has 1 aromatic carbocycles. The van der Waals surface area contributed by atoms with Gasteiger partial charge in [0.15, 0.2) is 0 Å². The van der Waals surface area contributed by atoms with Gasteiger partial charge in [-0.25, -0.2) is 0 Å². The zero-order chi connectivity index (χ0) is 12.4. The summed E-state index contributed by atoms with van der Waals surface area (Å²) in [6.07, 6.45) is 0.188. The summed E-state index contributed by atoms with van der Waals surface area (Å²) in [7, 11) is 0. The van der Waals surface area contributed by atoms with Crippen molar-refractivity contribution in [2.75, 3.05) is 23.7 Å². The highest BCUT2D eigenvalue weighted by molar-refractivity contribution is 6.00. The van der Waals surface area contributed by atoms with Gasteiger partial charge in [-0.15, -0.1) is 0 Å². The lowest BCUT2D eigenvalue weighted by molar-refractivity contribution is -0.384. The van der Waals surface area contributed by atoms with Crippen LogP contribution in [0.4, 0.5) is 17.1 Å². The topological polar surface area (TPSA) is 110 Å². The van der Waals surface area contributed by atoms with E-state index < -0.39 is 4.92 Å². The van der Waals surface area contributed by atoms with Crippen molar-refractivity contribution in [2.24, 2.45) is 5.73 Å². The van der Waals surface area contributed by atoms with Gasteiger partial charge in [0.25, 0.3) is 5.69 Å². The summed E-state index contributed by atoms with van der Waals surface area (Å²) in [6.45, 7) is 0.814. The molecule has 90 valence electrons. The summed E-state index contributed by atoms with van der Waals surface area (Å²) in [4.78, 5) is 21.6. The minimum atomic E-state index is -0.470. The summed E-state index contributed by atoms with van der Waals surface area (Å²) >= 11 is 0. The number of amides is 1. The van der Waals surface area contributed by atoms with E-state index in [2.05, 4.69) is 10.6 Å². The van der Waals surface area contributed by atoms with Crippen LogP contribution in [0.15, 0.2) is 12.1 Å². The lowest BCUT2D eigenvalue weighted by atomic mass is 10.1. The molecule has 1 aliphatic heterocycles. The van der Waals surface area contributed by atoms with Crippen molar-refractivity contribution in [1.82, 2.24) is 0 Å². The van der Waals surface area contributed by atoms with E-state index in [0.29, 0.717) is 30.0 Å². The second-order valence-corrected chi connectivity index (χ2v) is 3.72. The lowest BCUT2D eigenvalue weighted by Gasteiger charge is -2.07. The van der Waals surface area contributed by atoms with E-state index in [1.54, 1.807) is 6.07 Å². The monoisotopic (exact) mass is 236 g/mol. The summed E-state index contributed by atoms with van der Waals surface area (Å²) in [6, 6.07) is 3.00. The van der Waals surface area contributed by atoms with Crippen molar-refractivity contribution in [3.8, 4) is 0 Å². The first-order valence-corrected chi connectivity index (χ1v) is 5.17. The van der Waals surface area contributed by atoms with Crippen LogP contribution >= 0.6 is 0 Å². The average Bonchev–Trinajstić information content (AvgIpc) is 2.63. The van der Waals surface area contributed by atoms with Gasteiger partial charge in [-0.3, -0.25) is 14.9 Å². The number of nitrogens with zero attached hydrogens (tertiary/aromatic N) is 1. The Morgan fingerprint density at radius 3 is 2.94 bits per heavy atom. The lowest BCUT2D eigenvalue weighted by Crippen LogP contribution is -2.14. The molecule has 0 saturated heterocycles. The van der Waals surface area contributed by atoms with E-state index >= 15 is 0 Å². The minimum absolute atomic E-state index is 0.0336. The van der Waals surface area contributed by atoms with E-state index in [4.69, 9.17) is 5.73 Å². The molecule has 0 atom stereocenters. The quantitative estimate of drug-likeness (QED) is 0.519. The Balaban J connectivity index is 2.40. The van der Waals surface area contributed by atoms with Crippen LogP contribution in [0.3, 0.4) is 0 Å². The van der Waals surface area contributed by atoms with Gasteiger partial charge in [0.05, 0.1) is 11.3 Å². The molecule has 1 amide bonds. The van der Waals surface area contributed by atoms with Crippen molar-refractivity contribution in [3.05, 3.63) is 27.8 Å². The zero-order valence-corrected chi connectivity index (χ0v) is 9.03. The molecule has 7 heteroatoms. The van der Waals surface area contributed by atoms with E-state index in [1.807, 2.05) is 0 Å². The number of nitrogens with one attached hydrogen (secondary N) is 2. The number of nitro groups is 1. The number of nitro benzene ring substituents is 1. The van der Waals surface area contributed by atoms with Gasteiger partial charge in [0.1, 0.15) is 5.69 Å². The van der Waals surface area contributed by atoms with Crippen LogP contribution in [-0.2, 0) is 11.2 Å². The normalized spacial score (nSPS) is 13.1. The van der Waals surface area contributed by atoms with Crippen molar-refractivity contribution in [3.63, 3.8) is 0 Å². The molecular weight excluding hydrogens is 224 g/mol. The number of fused-ring (bicyclic) bond motifs is 1. The van der Waals surface area contributed by atoms with E-state index in [9.17, 15) is 14.9 Å². The maximum atomic E-state index is 11.2. The molecule has 0 aromatic heterocycles. The smallest absolute Gasteiger partial charge is 0.292 e. The molecule has 2 rings (SSSR count). The maximum Gasteiger partial charge on any atom is 0.292 e. The second kappa shape index (κ2) is 4.38. The Morgan fingerprint density at radius 1 is 1.53 bits per heavy atom. The number of rotatable bonds is 4. The number of hydrogen-bond acceptors (Lipinski definition) is 5. The Hall–Kier alpha value is -2.15. The van der Waals surface area contributed by atoms with Crippen molar-refractivity contribution >= 4 is 23.0 Å². The van der Waals surface area contributed by atoms with Crippen LogP contribution in [0.1, 0.15) is 5.56 Å². The largest absolute Gasteiger partial charge is 0.378 e. The van der Waals surface area contributed by atoms with Gasteiger partial charge in [-0.1, -0.05) is 0 Å². The molecule has 0 spiro atoms. The van der Waals surface area contributed by atoms with Crippen LogP contribution in [-0.4, -0.2) is 23.9 Å². The highest BCUT2D eigenvalue weighted by Crippen LogP contribution is 2.34. The van der Waals surface area contributed by atoms with Crippen LogP contribution < -0.4 is 16.4 Å². The number of anilines is 2. The Labute approximate surface area is 97.1 Å². The molecule has 1 aromatic rings. The molecule has 0 aliphatic carbocycles. The molecule has 1 aliphatic rings. The number of hydrogen-bond donors (Lipinski definition) is 3. The third-order valence-corrected chi connectivity index (χ3v) is 2.50. The fourth-order valence-corrected chi connectivity index (χ4v) is 1.76. The summed E-state index contributed by atoms with van der Waals surface area (Å²) in [5.41, 5.74) is 6.96. The molecule has 7 nitrogen and oxygen atoms in total. The van der Waals surface area contributed by atoms with Crippen LogP contribution in [0.25, 0.3) is 0 Å². The highest BCUT2D eigenvalue weighted by atomic mass is 16.6. The number of nitrogens with two attached hydrogens (primary N) is 1. The van der Waals surface area contributed by atoms with E-state index in [1.165, 1.54) is 6.07 Å². The Morgan fingerprint density at radius 2 is 2.29 bits per heavy atom. The number of carbonyl (C=O) groups is 1. The molecule has 17 heavy (non-hydrogen) atoms. The predicted molar refractivity (Wildman–Crippen MR) is 63.0 cm³/mol. The molecule has 0 fully saturated rings. The van der Waals surface area contributed by atoms with Gasteiger partial charge in [0, 0.05) is 24.8 Å². The average molecular weight is 236 g/mol. The second-order valence-electron chi connectivity index (χ2n) is 3.72. The summed E-state index contributed by atoms with van der Waals surface area (Å²) in [5.74, 6) is -0.148. The highest BCUT2D eigenvalue weighted by Gasteiger charge is 2.24. The molecule has 0 bridgehead atoms. The van der Waals surface area contributed by atoms with Crippen LogP contribution in [0, 0.1) is 10.1 Å². The predicted octanol–water partition coefficient (Wildman–Crippen LogP) is 0.460. The van der Waals surface area contributed by atoms with Crippen molar-refractivity contribution in [2.45, 2.75) is 6.42 Å². The third kappa shape index (κ3) is 2.18. The zero-order valence-electron chi connectivity index (χ0n) is 9.03. The molecular formula is C10H12N4O3. The van der Waals surface area contributed by atoms with Crippen LogP contribution in [0.5, 0.6) is 0 Å². The van der Waals surface area contributed by atoms with Crippen LogP contribution in [0.2, 0.25) is 0 Å². The number of benzene rings is 1. The summed E-state index contributed by atoms with van der Waals surface area (Å²) in [5, 5.41) is 16.4.